The first-order chi connectivity index (χ1) is 8.25. The predicted molar refractivity (Wildman–Crippen MR) is 83.9 cm³/mol. The molecule has 3 rings (SSSR count). The maximum Gasteiger partial charge on any atom is 0.0331 e. The van der Waals surface area contributed by atoms with E-state index in [1.165, 1.54) is 27.1 Å². The molecule has 1 unspecified atom stereocenters. The first-order valence-electron chi connectivity index (χ1n) is 5.81. The minimum absolute atomic E-state index is 0.559. The lowest BCUT2D eigenvalue weighted by atomic mass is 10.00. The normalized spacial score (nSPS) is 13.1. The Labute approximate surface area is 115 Å². The second-order valence-corrected chi connectivity index (χ2v) is 6.25. The van der Waals surface area contributed by atoms with Crippen LogP contribution >= 0.6 is 22.6 Å². The highest BCUT2D eigenvalue weighted by molar-refractivity contribution is 14.1. The fourth-order valence-electron chi connectivity index (χ4n) is 2.28. The fraction of sp³-hybridized carbons (Fsp3) is 0.125. The Hall–Kier alpha value is -1.09. The first-order valence-corrected chi connectivity index (χ1v) is 7.06. The van der Waals surface area contributed by atoms with E-state index in [2.05, 4.69) is 84.1 Å². The summed E-state index contributed by atoms with van der Waals surface area (Å²) in [7, 11) is 0. The van der Waals surface area contributed by atoms with E-state index in [1.807, 2.05) is 0 Å². The molecular weight excluding hydrogens is 319 g/mol. The summed E-state index contributed by atoms with van der Waals surface area (Å²) >= 11 is 2.46. The van der Waals surface area contributed by atoms with Gasteiger partial charge in [-0.3, -0.25) is 0 Å². The summed E-state index contributed by atoms with van der Waals surface area (Å²) in [6.07, 6.45) is 0. The van der Waals surface area contributed by atoms with E-state index in [4.69, 9.17) is 0 Å². The summed E-state index contributed by atoms with van der Waals surface area (Å²) in [5, 5.41) is 5.35. The van der Waals surface area contributed by atoms with Crippen LogP contribution in [0, 0.1) is 0 Å². The Morgan fingerprint density at radius 3 is 2.35 bits per heavy atom. The zero-order chi connectivity index (χ0) is 11.8. The third kappa shape index (κ3) is 1.93. The molecule has 84 valence electrons. The molecule has 0 aliphatic carbocycles. The van der Waals surface area contributed by atoms with Crippen molar-refractivity contribution in [3.8, 4) is 0 Å². The largest absolute Gasteiger partial charge is 0.0777 e. The van der Waals surface area contributed by atoms with Crippen LogP contribution in [-0.2, 0) is 0 Å². The van der Waals surface area contributed by atoms with Gasteiger partial charge in [0.05, 0.1) is 0 Å². The van der Waals surface area contributed by atoms with Crippen LogP contribution in [0.25, 0.3) is 21.5 Å². The minimum Gasteiger partial charge on any atom is -0.0777 e. The smallest absolute Gasteiger partial charge is 0.0331 e. The summed E-state index contributed by atoms with van der Waals surface area (Å²) in [6.45, 7) is 2.22. The Balaban J connectivity index is 2.37. The van der Waals surface area contributed by atoms with Crippen LogP contribution in [0.5, 0.6) is 0 Å². The van der Waals surface area contributed by atoms with Crippen molar-refractivity contribution >= 4 is 44.1 Å². The molecule has 0 heterocycles. The van der Waals surface area contributed by atoms with Gasteiger partial charge in [0.2, 0.25) is 0 Å². The van der Waals surface area contributed by atoms with Crippen LogP contribution < -0.4 is 0 Å². The van der Waals surface area contributed by atoms with E-state index in [0.717, 1.165) is 0 Å². The van der Waals surface area contributed by atoms with Gasteiger partial charge in [-0.1, -0.05) is 77.2 Å². The number of benzene rings is 3. The monoisotopic (exact) mass is 332 g/mol. The first kappa shape index (κ1) is 11.0. The molecule has 0 aliphatic heterocycles. The van der Waals surface area contributed by atoms with Gasteiger partial charge < -0.3 is 0 Å². The molecule has 3 aromatic rings. The van der Waals surface area contributed by atoms with Gasteiger partial charge in [-0.25, -0.2) is 0 Å². The molecule has 1 atom stereocenters. The molecule has 17 heavy (non-hydrogen) atoms. The summed E-state index contributed by atoms with van der Waals surface area (Å²) in [5.74, 6) is 0. The summed E-state index contributed by atoms with van der Waals surface area (Å²) in [4.78, 5) is 0. The molecule has 0 amide bonds. The third-order valence-corrected chi connectivity index (χ3v) is 3.95. The Morgan fingerprint density at radius 1 is 0.824 bits per heavy atom. The van der Waals surface area contributed by atoms with Gasteiger partial charge in [0.1, 0.15) is 0 Å². The minimum atomic E-state index is 0.559. The van der Waals surface area contributed by atoms with Crippen molar-refractivity contribution in [1.29, 1.82) is 0 Å². The number of hydrogen-bond acceptors (Lipinski definition) is 0. The lowest BCUT2D eigenvalue weighted by molar-refractivity contribution is 1.15. The fourth-order valence-corrected chi connectivity index (χ4v) is 2.67. The quantitative estimate of drug-likeness (QED) is 0.314. The molecular formula is C16H13I. The summed E-state index contributed by atoms with van der Waals surface area (Å²) < 4.78 is 0.559. The molecule has 0 radical (unpaired) electrons. The maximum absolute atomic E-state index is 2.46. The van der Waals surface area contributed by atoms with E-state index in [-0.39, 0.29) is 0 Å². The Morgan fingerprint density at radius 2 is 1.53 bits per heavy atom. The Bertz CT molecular complexity index is 683. The molecule has 0 aromatic heterocycles. The topological polar surface area (TPSA) is 0 Å². The molecule has 0 spiro atoms. The van der Waals surface area contributed by atoms with E-state index in [9.17, 15) is 0 Å². The molecule has 0 bridgehead atoms. The molecule has 0 fully saturated rings. The van der Waals surface area contributed by atoms with Crippen LogP contribution in [0.1, 0.15) is 16.4 Å². The van der Waals surface area contributed by atoms with E-state index in [0.29, 0.717) is 3.92 Å². The number of halogens is 1. The van der Waals surface area contributed by atoms with E-state index >= 15 is 0 Å². The van der Waals surface area contributed by atoms with Crippen LogP contribution in [0.3, 0.4) is 0 Å². The van der Waals surface area contributed by atoms with Crippen LogP contribution in [0.15, 0.2) is 54.6 Å². The standard InChI is InChI=1S/C16H13I/c1-11(17)13-8-9-16-14(10-13)7-6-12-4-2-3-5-15(12)16/h2-11H,1H3. The molecule has 0 aliphatic rings. The SMILES string of the molecule is CC(I)c1ccc2c(ccc3ccccc32)c1. The highest BCUT2D eigenvalue weighted by Gasteiger charge is 2.04. The van der Waals surface area contributed by atoms with Crippen LogP contribution in [-0.4, -0.2) is 0 Å². The van der Waals surface area contributed by atoms with Crippen molar-refractivity contribution < 1.29 is 0 Å². The second kappa shape index (κ2) is 4.30. The summed E-state index contributed by atoms with van der Waals surface area (Å²) in [5.41, 5.74) is 1.40. The van der Waals surface area contributed by atoms with Gasteiger partial charge in [0.15, 0.2) is 0 Å². The van der Waals surface area contributed by atoms with E-state index in [1.54, 1.807) is 0 Å². The third-order valence-electron chi connectivity index (χ3n) is 3.23. The van der Waals surface area contributed by atoms with Gasteiger partial charge in [0.25, 0.3) is 0 Å². The number of fused-ring (bicyclic) bond motifs is 3. The predicted octanol–water partition coefficient (Wildman–Crippen LogP) is 5.49. The van der Waals surface area contributed by atoms with E-state index < -0.39 is 0 Å². The zero-order valence-electron chi connectivity index (χ0n) is 9.65. The van der Waals surface area contributed by atoms with Gasteiger partial charge in [-0.2, -0.15) is 0 Å². The second-order valence-electron chi connectivity index (χ2n) is 4.38. The average molecular weight is 332 g/mol. The highest BCUT2D eigenvalue weighted by Crippen LogP contribution is 2.30. The van der Waals surface area contributed by atoms with Gasteiger partial charge in [-0.15, -0.1) is 0 Å². The van der Waals surface area contributed by atoms with Crippen molar-refractivity contribution in [2.45, 2.75) is 10.8 Å². The number of hydrogen-bond donors (Lipinski definition) is 0. The molecule has 0 N–H and O–H groups in total. The molecule has 1 heteroatoms. The Kier molecular flexibility index (Phi) is 2.79. The van der Waals surface area contributed by atoms with Gasteiger partial charge in [-0.05, 0) is 34.0 Å². The van der Waals surface area contributed by atoms with Crippen molar-refractivity contribution in [2.75, 3.05) is 0 Å². The van der Waals surface area contributed by atoms with Crippen molar-refractivity contribution in [2.24, 2.45) is 0 Å². The molecule has 0 saturated heterocycles. The van der Waals surface area contributed by atoms with Crippen molar-refractivity contribution in [3.63, 3.8) is 0 Å². The average Bonchev–Trinajstić information content (AvgIpc) is 2.38. The van der Waals surface area contributed by atoms with Gasteiger partial charge in [0, 0.05) is 3.92 Å². The highest BCUT2D eigenvalue weighted by atomic mass is 127. The number of alkyl halides is 1. The molecule has 3 aromatic carbocycles. The van der Waals surface area contributed by atoms with Crippen LogP contribution in [0.4, 0.5) is 0 Å². The van der Waals surface area contributed by atoms with Crippen molar-refractivity contribution in [1.82, 2.24) is 0 Å². The lowest BCUT2D eigenvalue weighted by Crippen LogP contribution is -1.84. The lowest BCUT2D eigenvalue weighted by Gasteiger charge is -2.08. The van der Waals surface area contributed by atoms with Crippen molar-refractivity contribution in [3.05, 3.63) is 60.2 Å². The molecule has 0 nitrogen and oxygen atoms in total. The summed E-state index contributed by atoms with van der Waals surface area (Å²) in [6, 6.07) is 19.8. The molecule has 0 saturated carbocycles. The van der Waals surface area contributed by atoms with Gasteiger partial charge >= 0.3 is 0 Å². The van der Waals surface area contributed by atoms with Crippen LogP contribution in [0.2, 0.25) is 0 Å². The zero-order valence-corrected chi connectivity index (χ0v) is 11.8. The maximum atomic E-state index is 2.46. The number of rotatable bonds is 1.